The summed E-state index contributed by atoms with van der Waals surface area (Å²) < 4.78 is 6.90. The zero-order chi connectivity index (χ0) is 17.6. The van der Waals surface area contributed by atoms with Gasteiger partial charge in [-0.15, -0.1) is 11.3 Å². The molecule has 2 aromatic carbocycles. The van der Waals surface area contributed by atoms with Gasteiger partial charge in [0.15, 0.2) is 0 Å². The molecular formula is C20H17ClN2OS. The van der Waals surface area contributed by atoms with Gasteiger partial charge in [-0.25, -0.2) is 4.98 Å². The molecule has 0 aliphatic heterocycles. The van der Waals surface area contributed by atoms with Crippen molar-refractivity contribution in [3.63, 3.8) is 0 Å². The van der Waals surface area contributed by atoms with Crippen molar-refractivity contribution in [2.75, 3.05) is 6.61 Å². The van der Waals surface area contributed by atoms with E-state index in [1.165, 1.54) is 11.3 Å². The first kappa shape index (κ1) is 17.5. The van der Waals surface area contributed by atoms with Gasteiger partial charge in [0.2, 0.25) is 0 Å². The highest BCUT2D eigenvalue weighted by Gasteiger charge is 2.11. The van der Waals surface area contributed by atoms with E-state index in [-0.39, 0.29) is 0 Å². The fourth-order valence-electron chi connectivity index (χ4n) is 2.37. The molecule has 1 heterocycles. The van der Waals surface area contributed by atoms with Crippen molar-refractivity contribution in [3.05, 3.63) is 58.1 Å². The maximum atomic E-state index is 9.61. The van der Waals surface area contributed by atoms with E-state index in [4.69, 9.17) is 16.3 Å². The van der Waals surface area contributed by atoms with Crippen LogP contribution in [0.2, 0.25) is 5.02 Å². The zero-order valence-corrected chi connectivity index (χ0v) is 15.4. The van der Waals surface area contributed by atoms with E-state index < -0.39 is 0 Å². The molecule has 0 spiro atoms. The molecule has 0 unspecified atom stereocenters. The maximum absolute atomic E-state index is 9.61. The van der Waals surface area contributed by atoms with Crippen LogP contribution >= 0.6 is 22.9 Å². The van der Waals surface area contributed by atoms with Crippen molar-refractivity contribution in [2.24, 2.45) is 0 Å². The smallest absolute Gasteiger partial charge is 0.135 e. The van der Waals surface area contributed by atoms with E-state index in [2.05, 4.69) is 18.0 Å². The van der Waals surface area contributed by atoms with Crippen molar-refractivity contribution in [2.45, 2.75) is 19.8 Å². The second-order valence-corrected chi connectivity index (χ2v) is 7.01. The Hall–Kier alpha value is -2.35. The summed E-state index contributed by atoms with van der Waals surface area (Å²) in [5.41, 5.74) is 2.19. The monoisotopic (exact) mass is 368 g/mol. The number of hydrogen-bond donors (Lipinski definition) is 0. The van der Waals surface area contributed by atoms with E-state index in [9.17, 15) is 5.26 Å². The topological polar surface area (TPSA) is 45.9 Å². The van der Waals surface area contributed by atoms with Crippen LogP contribution in [0.3, 0.4) is 0 Å². The number of unbranched alkanes of at least 4 members (excludes halogenated alkanes) is 1. The van der Waals surface area contributed by atoms with E-state index in [0.717, 1.165) is 34.4 Å². The van der Waals surface area contributed by atoms with Crippen LogP contribution in [0.1, 0.15) is 30.3 Å². The minimum absolute atomic E-state index is 0.504. The van der Waals surface area contributed by atoms with Crippen molar-refractivity contribution in [1.29, 1.82) is 5.26 Å². The van der Waals surface area contributed by atoms with Crippen LogP contribution < -0.4 is 4.74 Å². The molecule has 0 N–H and O–H groups in total. The third kappa shape index (κ3) is 4.19. The fourth-order valence-corrected chi connectivity index (χ4v) is 3.49. The first-order valence-electron chi connectivity index (χ1n) is 8.11. The summed E-state index contributed by atoms with van der Waals surface area (Å²) in [7, 11) is 0. The van der Waals surface area contributed by atoms with Crippen molar-refractivity contribution in [3.8, 4) is 11.8 Å². The van der Waals surface area contributed by atoms with Gasteiger partial charge >= 0.3 is 0 Å². The Bertz CT molecular complexity index is 923. The van der Waals surface area contributed by atoms with E-state index in [0.29, 0.717) is 22.2 Å². The third-order valence-electron chi connectivity index (χ3n) is 3.67. The summed E-state index contributed by atoms with van der Waals surface area (Å²) in [6.07, 6.45) is 3.84. The first-order chi connectivity index (χ1) is 12.2. The molecule has 25 heavy (non-hydrogen) atoms. The average molecular weight is 369 g/mol. The van der Waals surface area contributed by atoms with Gasteiger partial charge in [-0.2, -0.15) is 5.26 Å². The molecule has 3 rings (SSSR count). The summed E-state index contributed by atoms with van der Waals surface area (Å²) in [6, 6.07) is 15.6. The molecule has 126 valence electrons. The van der Waals surface area contributed by atoms with Crippen LogP contribution in [0.25, 0.3) is 21.9 Å². The van der Waals surface area contributed by atoms with Crippen molar-refractivity contribution in [1.82, 2.24) is 4.98 Å². The van der Waals surface area contributed by atoms with Gasteiger partial charge in [0.1, 0.15) is 16.8 Å². The lowest BCUT2D eigenvalue weighted by Crippen LogP contribution is -1.98. The molecule has 1 aromatic heterocycles. The van der Waals surface area contributed by atoms with Gasteiger partial charge in [-0.1, -0.05) is 37.1 Å². The summed E-state index contributed by atoms with van der Waals surface area (Å²) in [4.78, 5) is 4.56. The Balaban J connectivity index is 1.99. The Morgan fingerprint density at radius 2 is 2.16 bits per heavy atom. The lowest BCUT2D eigenvalue weighted by Gasteiger charge is -2.09. The zero-order valence-electron chi connectivity index (χ0n) is 13.8. The predicted octanol–water partition coefficient (Wildman–Crippen LogP) is 6.19. The predicted molar refractivity (Wildman–Crippen MR) is 105 cm³/mol. The lowest BCUT2D eigenvalue weighted by molar-refractivity contribution is 0.309. The highest BCUT2D eigenvalue weighted by molar-refractivity contribution is 7.19. The van der Waals surface area contributed by atoms with Crippen LogP contribution in [0.5, 0.6) is 5.75 Å². The Kier molecular flexibility index (Phi) is 5.70. The number of aromatic nitrogens is 1. The molecule has 0 saturated carbocycles. The summed E-state index contributed by atoms with van der Waals surface area (Å²) in [5.74, 6) is 0.728. The van der Waals surface area contributed by atoms with Gasteiger partial charge in [0.25, 0.3) is 0 Å². The number of para-hydroxylation sites is 1. The molecule has 0 aliphatic rings. The fraction of sp³-hybridized carbons (Fsp3) is 0.200. The van der Waals surface area contributed by atoms with Crippen LogP contribution in [0.15, 0.2) is 42.5 Å². The first-order valence-corrected chi connectivity index (χ1v) is 9.31. The molecule has 0 radical (unpaired) electrons. The highest BCUT2D eigenvalue weighted by Crippen LogP contribution is 2.31. The molecule has 0 fully saturated rings. The molecule has 0 amide bonds. The number of nitriles is 1. The molecule has 0 atom stereocenters. The van der Waals surface area contributed by atoms with Gasteiger partial charge in [-0.05, 0) is 42.8 Å². The number of halogens is 1. The van der Waals surface area contributed by atoms with Gasteiger partial charge in [0, 0.05) is 10.6 Å². The summed E-state index contributed by atoms with van der Waals surface area (Å²) in [5, 5.41) is 10.9. The lowest BCUT2D eigenvalue weighted by atomic mass is 10.1. The largest absolute Gasteiger partial charge is 0.493 e. The molecule has 0 bridgehead atoms. The van der Waals surface area contributed by atoms with E-state index in [1.54, 1.807) is 12.1 Å². The number of allylic oxidation sites excluding steroid dienone is 1. The normalized spacial score (nSPS) is 11.5. The van der Waals surface area contributed by atoms with Crippen LogP contribution in [0, 0.1) is 11.3 Å². The van der Waals surface area contributed by atoms with Crippen LogP contribution in [-0.4, -0.2) is 11.6 Å². The molecule has 0 aliphatic carbocycles. The summed E-state index contributed by atoms with van der Waals surface area (Å²) >= 11 is 7.64. The number of fused-ring (bicyclic) bond motifs is 1. The average Bonchev–Trinajstić information content (AvgIpc) is 3.05. The third-order valence-corrected chi connectivity index (χ3v) is 4.98. The number of rotatable bonds is 6. The molecule has 3 aromatic rings. The number of nitrogens with zero attached hydrogens (tertiary/aromatic N) is 2. The molecule has 3 nitrogen and oxygen atoms in total. The standard InChI is InChI=1S/C20H17ClN2OS/c1-2-3-10-24-18-9-8-16(21)12-14(18)11-15(13-22)20-23-17-6-4-5-7-19(17)25-20/h4-9,11-12H,2-3,10H2,1H3/b15-11+. The number of hydrogen-bond acceptors (Lipinski definition) is 4. The number of benzene rings is 2. The minimum atomic E-state index is 0.504. The van der Waals surface area contributed by atoms with Crippen LogP contribution in [-0.2, 0) is 0 Å². The molecular weight excluding hydrogens is 352 g/mol. The van der Waals surface area contributed by atoms with Gasteiger partial charge in [-0.3, -0.25) is 0 Å². The summed E-state index contributed by atoms with van der Waals surface area (Å²) in [6.45, 7) is 2.76. The SMILES string of the molecule is CCCCOc1ccc(Cl)cc1/C=C(\C#N)c1nc2ccccc2s1. The van der Waals surface area contributed by atoms with Crippen LogP contribution in [0.4, 0.5) is 0 Å². The van der Waals surface area contributed by atoms with Crippen molar-refractivity contribution < 1.29 is 4.74 Å². The quantitative estimate of drug-likeness (QED) is 0.384. The number of thiazole rings is 1. The Morgan fingerprint density at radius 3 is 2.92 bits per heavy atom. The number of ether oxygens (including phenoxy) is 1. The highest BCUT2D eigenvalue weighted by atomic mass is 35.5. The second kappa shape index (κ2) is 8.15. The second-order valence-electron chi connectivity index (χ2n) is 5.54. The van der Waals surface area contributed by atoms with E-state index >= 15 is 0 Å². The minimum Gasteiger partial charge on any atom is -0.493 e. The molecule has 5 heteroatoms. The van der Waals surface area contributed by atoms with Gasteiger partial charge in [0.05, 0.1) is 22.4 Å². The maximum Gasteiger partial charge on any atom is 0.135 e. The Morgan fingerprint density at radius 1 is 1.32 bits per heavy atom. The van der Waals surface area contributed by atoms with Gasteiger partial charge < -0.3 is 4.74 Å². The Labute approximate surface area is 156 Å². The van der Waals surface area contributed by atoms with Crippen molar-refractivity contribution >= 4 is 44.8 Å². The van der Waals surface area contributed by atoms with E-state index in [1.807, 2.05) is 36.4 Å². The molecule has 0 saturated heterocycles.